The van der Waals surface area contributed by atoms with Crippen molar-refractivity contribution in [3.63, 3.8) is 0 Å². The van der Waals surface area contributed by atoms with E-state index >= 15 is 0 Å². The molecule has 3 nitrogen and oxygen atoms in total. The van der Waals surface area contributed by atoms with E-state index in [9.17, 15) is 0 Å². The number of pyridine rings is 1. The van der Waals surface area contributed by atoms with Crippen molar-refractivity contribution in [3.8, 4) is 0 Å². The summed E-state index contributed by atoms with van der Waals surface area (Å²) in [4.78, 5) is 14.1. The molecule has 0 atom stereocenters. The van der Waals surface area contributed by atoms with Crippen LogP contribution in [0.15, 0.2) is 64.6 Å². The van der Waals surface area contributed by atoms with Gasteiger partial charge < -0.3 is 13.1 Å². The van der Waals surface area contributed by atoms with Crippen LogP contribution >= 0.6 is 23.2 Å². The molecule has 0 spiro atoms. The standard InChI is InChI=1S/C23H21Cl2N3.2C4H11Si.Fe/c1-14-8-5-10-18(24)22(14)26-16(3)20-12-7-13-21(28-20)17(4)27-23-15(2)9-6-11-19(23)25;2*1-5(2,3)4;/h5-13H,1-4H3;2*1H2,2-4H3;/q;2*-1;+2. The summed E-state index contributed by atoms with van der Waals surface area (Å²) in [5.41, 5.74) is 6.73. The number of aliphatic imine (C=N–C) groups is 2. The van der Waals surface area contributed by atoms with E-state index in [2.05, 4.69) is 52.4 Å². The fourth-order valence-electron chi connectivity index (χ4n) is 2.82. The second-order valence-corrected chi connectivity index (χ2v) is 22.8. The number of nitrogens with zero attached hydrogens (tertiary/aromatic N) is 3. The average molecular weight is 641 g/mol. The predicted molar refractivity (Wildman–Crippen MR) is 178 cm³/mol. The number of hydrogen-bond acceptors (Lipinski definition) is 3. The van der Waals surface area contributed by atoms with E-state index in [4.69, 9.17) is 38.2 Å². The van der Waals surface area contributed by atoms with E-state index in [1.165, 1.54) is 0 Å². The second kappa shape index (κ2) is 16.7. The van der Waals surface area contributed by atoms with Crippen LogP contribution in [0.5, 0.6) is 0 Å². The summed E-state index contributed by atoms with van der Waals surface area (Å²) >= 11 is 12.6. The third-order valence-electron chi connectivity index (χ3n) is 4.43. The molecule has 1 heterocycles. The first-order valence-corrected chi connectivity index (χ1v) is 20.8. The molecule has 3 aromatic rings. The Labute approximate surface area is 260 Å². The van der Waals surface area contributed by atoms with Gasteiger partial charge in [0.25, 0.3) is 0 Å². The Morgan fingerprint density at radius 1 is 0.641 bits per heavy atom. The van der Waals surface area contributed by atoms with Crippen molar-refractivity contribution in [1.29, 1.82) is 0 Å². The van der Waals surface area contributed by atoms with Gasteiger partial charge in [0, 0.05) is 0 Å². The molecule has 39 heavy (non-hydrogen) atoms. The molecule has 0 aliphatic heterocycles. The Bertz CT molecular complexity index is 1130. The quantitative estimate of drug-likeness (QED) is 0.159. The maximum Gasteiger partial charge on any atom is 2.00 e. The number of aryl methyl sites for hydroxylation is 2. The first kappa shape index (κ1) is 37.5. The van der Waals surface area contributed by atoms with Crippen molar-refractivity contribution in [2.24, 2.45) is 9.98 Å². The van der Waals surface area contributed by atoms with E-state index in [1.54, 1.807) is 0 Å². The van der Waals surface area contributed by atoms with Gasteiger partial charge in [-0.1, -0.05) is 92.8 Å². The van der Waals surface area contributed by atoms with Gasteiger partial charge in [0.2, 0.25) is 0 Å². The van der Waals surface area contributed by atoms with Crippen LogP contribution in [0.1, 0.15) is 36.4 Å². The number of rotatable bonds is 4. The van der Waals surface area contributed by atoms with Crippen LogP contribution in [0, 0.1) is 26.9 Å². The Balaban J connectivity index is 0.00000113. The van der Waals surface area contributed by atoms with Crippen molar-refractivity contribution in [1.82, 2.24) is 4.98 Å². The summed E-state index contributed by atoms with van der Waals surface area (Å²) < 4.78 is 0. The Morgan fingerprint density at radius 2 is 0.923 bits per heavy atom. The van der Waals surface area contributed by atoms with Gasteiger partial charge in [-0.3, -0.25) is 0 Å². The van der Waals surface area contributed by atoms with E-state index in [-0.39, 0.29) is 17.1 Å². The molecule has 1 aromatic heterocycles. The monoisotopic (exact) mass is 639 g/mol. The predicted octanol–water partition coefficient (Wildman–Crippen LogP) is 10.7. The second-order valence-electron chi connectivity index (χ2n) is 11.7. The zero-order chi connectivity index (χ0) is 29.3. The minimum Gasteiger partial charge on any atom is -0.342 e. The number of para-hydroxylation sites is 2. The van der Waals surface area contributed by atoms with E-state index in [0.29, 0.717) is 10.0 Å². The molecule has 212 valence electrons. The van der Waals surface area contributed by atoms with Crippen molar-refractivity contribution in [2.75, 3.05) is 0 Å². The average Bonchev–Trinajstić information content (AvgIpc) is 2.76. The summed E-state index contributed by atoms with van der Waals surface area (Å²) in [7, 11) is -1.72. The molecular weight excluding hydrogens is 597 g/mol. The molecule has 0 saturated carbocycles. The molecule has 0 N–H and O–H groups in total. The van der Waals surface area contributed by atoms with Crippen molar-refractivity contribution in [2.45, 2.75) is 67.0 Å². The van der Waals surface area contributed by atoms with Crippen LogP contribution in [0.3, 0.4) is 0 Å². The molecule has 0 aliphatic rings. The van der Waals surface area contributed by atoms with Gasteiger partial charge in [-0.05, 0) is 63.1 Å². The van der Waals surface area contributed by atoms with Gasteiger partial charge in [0.1, 0.15) is 0 Å². The van der Waals surface area contributed by atoms with Crippen LogP contribution in [-0.2, 0) is 17.1 Å². The van der Waals surface area contributed by atoms with Gasteiger partial charge in [0.05, 0.1) is 44.2 Å². The van der Waals surface area contributed by atoms with Crippen LogP contribution < -0.4 is 0 Å². The maximum atomic E-state index is 6.30. The number of aromatic nitrogens is 1. The Hall–Kier alpha value is -1.54. The summed E-state index contributed by atoms with van der Waals surface area (Å²) in [6, 6.07) is 17.3. The SMILES string of the molecule is CC(=Nc1c(C)cccc1Cl)c1cccc(C(C)=Nc2c(C)cccc2Cl)n1.[CH2-][Si](C)(C)C.[CH2-][Si](C)(C)C.[Fe+2]. The Morgan fingerprint density at radius 3 is 1.21 bits per heavy atom. The summed E-state index contributed by atoms with van der Waals surface area (Å²) in [5.74, 6) is 0. The molecule has 3 rings (SSSR count). The van der Waals surface area contributed by atoms with Crippen molar-refractivity contribution >= 4 is 62.1 Å². The fourth-order valence-corrected chi connectivity index (χ4v) is 3.35. The van der Waals surface area contributed by atoms with Gasteiger partial charge in [-0.25, -0.2) is 15.0 Å². The zero-order valence-electron chi connectivity index (χ0n) is 25.1. The molecule has 0 unspecified atom stereocenters. The van der Waals surface area contributed by atoms with Crippen LogP contribution in [-0.4, -0.2) is 32.6 Å². The van der Waals surface area contributed by atoms with E-state index < -0.39 is 16.1 Å². The van der Waals surface area contributed by atoms with E-state index in [1.807, 2.05) is 82.3 Å². The zero-order valence-corrected chi connectivity index (χ0v) is 29.7. The molecule has 0 radical (unpaired) electrons. The molecule has 8 heteroatoms. The molecule has 0 saturated heterocycles. The molecule has 0 fully saturated rings. The maximum absolute atomic E-state index is 6.30. The number of halogens is 2. The van der Waals surface area contributed by atoms with Gasteiger partial charge in [-0.2, -0.15) is 0 Å². The summed E-state index contributed by atoms with van der Waals surface area (Å²) in [6.45, 7) is 29.0. The van der Waals surface area contributed by atoms with E-state index in [0.717, 1.165) is 45.3 Å². The number of hydrogen-bond donors (Lipinski definition) is 0. The summed E-state index contributed by atoms with van der Waals surface area (Å²) in [6.07, 6.45) is 0. The molecule has 0 aliphatic carbocycles. The minimum atomic E-state index is -0.861. The molecule has 2 aromatic carbocycles. The summed E-state index contributed by atoms with van der Waals surface area (Å²) in [5, 5.41) is 1.25. The normalized spacial score (nSPS) is 11.9. The Kier molecular flexibility index (Phi) is 16.0. The fraction of sp³-hybridized carbons (Fsp3) is 0.323. The first-order chi connectivity index (χ1) is 17.4. The largest absolute Gasteiger partial charge is 2.00 e. The molecular formula is C31H43Cl2FeN3Si2. The van der Waals surface area contributed by atoms with Crippen molar-refractivity contribution in [3.05, 3.63) is 100 Å². The van der Waals surface area contributed by atoms with Crippen molar-refractivity contribution < 1.29 is 17.1 Å². The van der Waals surface area contributed by atoms with Crippen LogP contribution in [0.4, 0.5) is 11.4 Å². The van der Waals surface area contributed by atoms with Gasteiger partial charge in [-0.15, -0.1) is 16.1 Å². The topological polar surface area (TPSA) is 37.6 Å². The third kappa shape index (κ3) is 15.7. The first-order valence-electron chi connectivity index (χ1n) is 12.7. The number of benzene rings is 2. The van der Waals surface area contributed by atoms with Gasteiger partial charge >= 0.3 is 17.1 Å². The smallest absolute Gasteiger partial charge is 0.342 e. The van der Waals surface area contributed by atoms with Crippen LogP contribution in [0.2, 0.25) is 49.3 Å². The van der Waals surface area contributed by atoms with Crippen LogP contribution in [0.25, 0.3) is 0 Å². The third-order valence-corrected chi connectivity index (χ3v) is 5.04. The molecule has 0 bridgehead atoms. The minimum absolute atomic E-state index is 0. The van der Waals surface area contributed by atoms with Gasteiger partial charge in [0.15, 0.2) is 0 Å². The molecule has 0 amide bonds.